The van der Waals surface area contributed by atoms with E-state index in [1.165, 1.54) is 25.9 Å². The quantitative estimate of drug-likeness (QED) is 0.596. The molecule has 2 nitrogen and oxygen atoms in total. The van der Waals surface area contributed by atoms with E-state index in [0.29, 0.717) is 0 Å². The van der Waals surface area contributed by atoms with Gasteiger partial charge < -0.3 is 0 Å². The molecule has 11 heavy (non-hydrogen) atoms. The SMILES string of the molecule is CCC1CCN(C)CN1CC. The molecule has 2 heteroatoms. The number of rotatable bonds is 2. The standard InChI is InChI=1S/C9H20N2/c1-4-9-6-7-10(3)8-11(9)5-2/h9H,4-8H2,1-3H3. The van der Waals surface area contributed by atoms with Gasteiger partial charge in [-0.25, -0.2) is 0 Å². The zero-order valence-corrected chi connectivity index (χ0v) is 8.01. The Bertz CT molecular complexity index is 114. The molecule has 0 N–H and O–H groups in total. The van der Waals surface area contributed by atoms with E-state index in [2.05, 4.69) is 30.7 Å². The maximum Gasteiger partial charge on any atom is 0.0505 e. The summed E-state index contributed by atoms with van der Waals surface area (Å²) in [5.41, 5.74) is 0. The first-order chi connectivity index (χ1) is 5.27. The molecule has 0 aromatic heterocycles. The van der Waals surface area contributed by atoms with E-state index in [1.807, 2.05) is 0 Å². The molecule has 1 saturated heterocycles. The van der Waals surface area contributed by atoms with Gasteiger partial charge in [-0.05, 0) is 26.4 Å². The van der Waals surface area contributed by atoms with E-state index in [4.69, 9.17) is 0 Å². The lowest BCUT2D eigenvalue weighted by atomic mass is 10.1. The maximum atomic E-state index is 2.56. The average Bonchev–Trinajstić information content (AvgIpc) is 2.04. The summed E-state index contributed by atoms with van der Waals surface area (Å²) in [5, 5.41) is 0. The lowest BCUT2D eigenvalue weighted by Gasteiger charge is -2.39. The molecule has 1 atom stereocenters. The van der Waals surface area contributed by atoms with Gasteiger partial charge in [0, 0.05) is 12.6 Å². The summed E-state index contributed by atoms with van der Waals surface area (Å²) in [5.74, 6) is 0. The Hall–Kier alpha value is -0.0800. The second kappa shape index (κ2) is 4.07. The highest BCUT2D eigenvalue weighted by Crippen LogP contribution is 2.14. The molecule has 0 aromatic carbocycles. The molecule has 0 aromatic rings. The van der Waals surface area contributed by atoms with Crippen LogP contribution >= 0.6 is 0 Å². The average molecular weight is 156 g/mol. The molecule has 1 unspecified atom stereocenters. The third kappa shape index (κ3) is 2.17. The van der Waals surface area contributed by atoms with E-state index in [0.717, 1.165) is 12.7 Å². The highest BCUT2D eigenvalue weighted by atomic mass is 15.3. The lowest BCUT2D eigenvalue weighted by molar-refractivity contribution is 0.0577. The summed E-state index contributed by atoms with van der Waals surface area (Å²) in [4.78, 5) is 4.96. The normalized spacial score (nSPS) is 29.2. The van der Waals surface area contributed by atoms with Crippen molar-refractivity contribution in [2.45, 2.75) is 32.7 Å². The van der Waals surface area contributed by atoms with Gasteiger partial charge in [-0.3, -0.25) is 9.80 Å². The largest absolute Gasteiger partial charge is 0.293 e. The molecule has 66 valence electrons. The molecule has 0 bridgehead atoms. The Morgan fingerprint density at radius 3 is 2.64 bits per heavy atom. The smallest absolute Gasteiger partial charge is 0.0505 e. The van der Waals surface area contributed by atoms with Gasteiger partial charge in [-0.1, -0.05) is 13.8 Å². The van der Waals surface area contributed by atoms with Crippen molar-refractivity contribution in [1.82, 2.24) is 9.80 Å². The van der Waals surface area contributed by atoms with Crippen LogP contribution in [0.15, 0.2) is 0 Å². The Balaban J connectivity index is 2.41. The Morgan fingerprint density at radius 2 is 2.09 bits per heavy atom. The highest BCUT2D eigenvalue weighted by molar-refractivity contribution is 4.75. The van der Waals surface area contributed by atoms with Gasteiger partial charge in [0.25, 0.3) is 0 Å². The van der Waals surface area contributed by atoms with E-state index in [9.17, 15) is 0 Å². The van der Waals surface area contributed by atoms with E-state index < -0.39 is 0 Å². The molecule has 0 saturated carbocycles. The highest BCUT2D eigenvalue weighted by Gasteiger charge is 2.21. The van der Waals surface area contributed by atoms with Crippen molar-refractivity contribution in [3.63, 3.8) is 0 Å². The zero-order valence-electron chi connectivity index (χ0n) is 8.01. The van der Waals surface area contributed by atoms with Gasteiger partial charge >= 0.3 is 0 Å². The van der Waals surface area contributed by atoms with Crippen LogP contribution in [0.4, 0.5) is 0 Å². The molecular weight excluding hydrogens is 136 g/mol. The van der Waals surface area contributed by atoms with Crippen LogP contribution in [0.2, 0.25) is 0 Å². The van der Waals surface area contributed by atoms with E-state index in [-0.39, 0.29) is 0 Å². The topological polar surface area (TPSA) is 6.48 Å². The molecular formula is C9H20N2. The summed E-state index contributed by atoms with van der Waals surface area (Å²) in [6.45, 7) is 8.17. The first-order valence-corrected chi connectivity index (χ1v) is 4.70. The van der Waals surface area contributed by atoms with E-state index >= 15 is 0 Å². The zero-order chi connectivity index (χ0) is 8.27. The third-order valence-electron chi connectivity index (χ3n) is 2.66. The molecule has 0 aliphatic carbocycles. The van der Waals surface area contributed by atoms with Crippen molar-refractivity contribution in [3.8, 4) is 0 Å². The number of hydrogen-bond donors (Lipinski definition) is 0. The lowest BCUT2D eigenvalue weighted by Crippen LogP contribution is -2.48. The molecule has 1 fully saturated rings. The van der Waals surface area contributed by atoms with Gasteiger partial charge in [0.2, 0.25) is 0 Å². The monoisotopic (exact) mass is 156 g/mol. The second-order valence-corrected chi connectivity index (χ2v) is 3.48. The fraction of sp³-hybridized carbons (Fsp3) is 1.00. The molecule has 1 rings (SSSR count). The van der Waals surface area contributed by atoms with Gasteiger partial charge in [0.1, 0.15) is 0 Å². The predicted molar refractivity (Wildman–Crippen MR) is 48.6 cm³/mol. The van der Waals surface area contributed by atoms with Crippen LogP contribution in [0.5, 0.6) is 0 Å². The van der Waals surface area contributed by atoms with Crippen molar-refractivity contribution >= 4 is 0 Å². The fourth-order valence-electron chi connectivity index (χ4n) is 1.87. The molecule has 1 aliphatic heterocycles. The van der Waals surface area contributed by atoms with E-state index in [1.54, 1.807) is 0 Å². The van der Waals surface area contributed by atoms with Gasteiger partial charge in [-0.15, -0.1) is 0 Å². The van der Waals surface area contributed by atoms with Crippen LogP contribution in [0.25, 0.3) is 0 Å². The van der Waals surface area contributed by atoms with Crippen LogP contribution in [-0.4, -0.2) is 42.6 Å². The number of nitrogens with zero attached hydrogens (tertiary/aromatic N) is 2. The Labute approximate surface area is 70.2 Å². The second-order valence-electron chi connectivity index (χ2n) is 3.48. The van der Waals surface area contributed by atoms with Crippen LogP contribution in [-0.2, 0) is 0 Å². The minimum absolute atomic E-state index is 0.844. The Morgan fingerprint density at radius 1 is 1.36 bits per heavy atom. The van der Waals surface area contributed by atoms with Crippen LogP contribution < -0.4 is 0 Å². The minimum atomic E-state index is 0.844. The predicted octanol–water partition coefficient (Wildman–Crippen LogP) is 1.38. The molecule has 1 heterocycles. The molecule has 0 amide bonds. The van der Waals surface area contributed by atoms with Crippen LogP contribution in [0, 0.1) is 0 Å². The summed E-state index contributed by atoms with van der Waals surface area (Å²) >= 11 is 0. The first kappa shape index (κ1) is 9.01. The molecule has 1 aliphatic rings. The third-order valence-corrected chi connectivity index (χ3v) is 2.66. The summed E-state index contributed by atoms with van der Waals surface area (Å²) < 4.78 is 0. The minimum Gasteiger partial charge on any atom is -0.293 e. The van der Waals surface area contributed by atoms with Gasteiger partial charge in [-0.2, -0.15) is 0 Å². The van der Waals surface area contributed by atoms with Crippen molar-refractivity contribution in [3.05, 3.63) is 0 Å². The van der Waals surface area contributed by atoms with Crippen molar-refractivity contribution in [2.75, 3.05) is 26.8 Å². The fourth-order valence-corrected chi connectivity index (χ4v) is 1.87. The van der Waals surface area contributed by atoms with Crippen LogP contribution in [0.1, 0.15) is 26.7 Å². The van der Waals surface area contributed by atoms with Gasteiger partial charge in [0.05, 0.1) is 6.67 Å². The maximum absolute atomic E-state index is 2.56. The van der Waals surface area contributed by atoms with Crippen molar-refractivity contribution in [2.24, 2.45) is 0 Å². The molecule has 0 spiro atoms. The summed E-state index contributed by atoms with van der Waals surface area (Å²) in [7, 11) is 2.20. The summed E-state index contributed by atoms with van der Waals surface area (Å²) in [6, 6.07) is 0.844. The van der Waals surface area contributed by atoms with Crippen molar-refractivity contribution < 1.29 is 0 Å². The van der Waals surface area contributed by atoms with Crippen molar-refractivity contribution in [1.29, 1.82) is 0 Å². The van der Waals surface area contributed by atoms with Crippen LogP contribution in [0.3, 0.4) is 0 Å². The summed E-state index contributed by atoms with van der Waals surface area (Å²) in [6.07, 6.45) is 2.66. The van der Waals surface area contributed by atoms with Gasteiger partial charge in [0.15, 0.2) is 0 Å². The Kier molecular flexibility index (Phi) is 3.34. The first-order valence-electron chi connectivity index (χ1n) is 4.70. The molecule has 0 radical (unpaired) electrons. The number of hydrogen-bond acceptors (Lipinski definition) is 2.